The number of hydrogen-bond acceptors (Lipinski definition) is 5. The second-order valence-corrected chi connectivity index (χ2v) is 11.1. The fourth-order valence-electron chi connectivity index (χ4n) is 5.47. The van der Waals surface area contributed by atoms with Crippen molar-refractivity contribution in [1.82, 2.24) is 18.2 Å². The number of rotatable bonds is 6. The lowest BCUT2D eigenvalue weighted by Crippen LogP contribution is -2.37. The van der Waals surface area contributed by atoms with Gasteiger partial charge in [0.15, 0.2) is 0 Å². The quantitative estimate of drug-likeness (QED) is 0.382. The van der Waals surface area contributed by atoms with Crippen LogP contribution in [0.4, 0.5) is 0 Å². The second-order valence-electron chi connectivity index (χ2n) is 9.17. The van der Waals surface area contributed by atoms with Gasteiger partial charge in [0.1, 0.15) is 12.3 Å². The first kappa shape index (κ1) is 24.2. The molecule has 9 nitrogen and oxygen atoms in total. The molecule has 38 heavy (non-hydrogen) atoms. The first-order chi connectivity index (χ1) is 18.4. The topological polar surface area (TPSA) is 95.5 Å². The monoisotopic (exact) mass is 530 g/mol. The van der Waals surface area contributed by atoms with Crippen molar-refractivity contribution in [3.63, 3.8) is 0 Å². The van der Waals surface area contributed by atoms with Crippen molar-refractivity contribution in [3.05, 3.63) is 129 Å². The van der Waals surface area contributed by atoms with E-state index in [4.69, 9.17) is 4.74 Å². The van der Waals surface area contributed by atoms with Crippen LogP contribution >= 0.6 is 0 Å². The zero-order valence-electron chi connectivity index (χ0n) is 20.7. The van der Waals surface area contributed by atoms with Gasteiger partial charge in [-0.1, -0.05) is 66.7 Å². The molecule has 0 amide bonds. The van der Waals surface area contributed by atoms with E-state index in [1.807, 2.05) is 43.3 Å². The van der Waals surface area contributed by atoms with Crippen molar-refractivity contribution in [2.24, 2.45) is 0 Å². The Labute approximate surface area is 219 Å². The lowest BCUT2D eigenvalue weighted by atomic mass is 9.95. The third-order valence-electron chi connectivity index (χ3n) is 7.06. The van der Waals surface area contributed by atoms with Crippen LogP contribution in [-0.2, 0) is 21.3 Å². The van der Waals surface area contributed by atoms with Gasteiger partial charge in [0, 0.05) is 12.1 Å². The van der Waals surface area contributed by atoms with Crippen LogP contribution in [0.25, 0.3) is 5.69 Å². The van der Waals surface area contributed by atoms with Crippen molar-refractivity contribution >= 4 is 10.0 Å². The Morgan fingerprint density at radius 3 is 2.08 bits per heavy atom. The van der Waals surface area contributed by atoms with Crippen LogP contribution in [0.1, 0.15) is 24.6 Å². The molecule has 1 aromatic heterocycles. The van der Waals surface area contributed by atoms with Gasteiger partial charge < -0.3 is 4.74 Å². The summed E-state index contributed by atoms with van der Waals surface area (Å²) >= 11 is 0. The van der Waals surface area contributed by atoms with E-state index in [2.05, 4.69) is 0 Å². The van der Waals surface area contributed by atoms with Crippen LogP contribution in [0.3, 0.4) is 0 Å². The molecule has 2 atom stereocenters. The van der Waals surface area contributed by atoms with Crippen molar-refractivity contribution in [2.45, 2.75) is 30.4 Å². The third-order valence-corrected chi connectivity index (χ3v) is 8.91. The fraction of sp³-hybridized carbons (Fsp3) is 0.214. The Morgan fingerprint density at radius 2 is 1.45 bits per heavy atom. The smallest absolute Gasteiger partial charge is 0.352 e. The van der Waals surface area contributed by atoms with Crippen molar-refractivity contribution in [2.75, 3.05) is 13.2 Å². The molecular formula is C28H26N4O5S. The molecule has 0 radical (unpaired) electrons. The van der Waals surface area contributed by atoms with Crippen molar-refractivity contribution in [3.8, 4) is 5.69 Å². The average molecular weight is 531 g/mol. The molecular weight excluding hydrogens is 504 g/mol. The molecule has 0 saturated carbocycles. The minimum atomic E-state index is -3.97. The summed E-state index contributed by atoms with van der Waals surface area (Å²) in [6.07, 6.45) is 0. The van der Waals surface area contributed by atoms with Gasteiger partial charge in [-0.15, -0.1) is 0 Å². The Balaban J connectivity index is 1.60. The highest BCUT2D eigenvalue weighted by Gasteiger charge is 2.50. The first-order valence-corrected chi connectivity index (χ1v) is 13.8. The zero-order chi connectivity index (χ0) is 26.4. The molecule has 0 spiro atoms. The summed E-state index contributed by atoms with van der Waals surface area (Å²) < 4.78 is 39.4. The minimum Gasteiger partial charge on any atom is -0.496 e. The number of nitrogens with zero attached hydrogens (tertiary/aromatic N) is 4. The number of para-hydroxylation sites is 1. The second kappa shape index (κ2) is 9.30. The van der Waals surface area contributed by atoms with E-state index in [-0.39, 0.29) is 18.0 Å². The predicted octanol–water partition coefficient (Wildman–Crippen LogP) is 3.09. The minimum absolute atomic E-state index is 0.0239. The Bertz CT molecular complexity index is 1740. The van der Waals surface area contributed by atoms with Crippen LogP contribution < -0.4 is 11.4 Å². The van der Waals surface area contributed by atoms with Crippen LogP contribution in [0, 0.1) is 0 Å². The summed E-state index contributed by atoms with van der Waals surface area (Å²) in [5.41, 5.74) is 0.851. The highest BCUT2D eigenvalue weighted by Crippen LogP contribution is 2.48. The first-order valence-electron chi connectivity index (χ1n) is 12.4. The number of fused-ring (bicyclic) bond motifs is 3. The van der Waals surface area contributed by atoms with Gasteiger partial charge in [0.2, 0.25) is 10.0 Å². The molecule has 0 aliphatic carbocycles. The molecule has 3 heterocycles. The predicted molar refractivity (Wildman–Crippen MR) is 141 cm³/mol. The number of aromatic nitrogens is 3. The Hall–Kier alpha value is -4.15. The number of ether oxygens (including phenoxy) is 1. The average Bonchev–Trinajstić information content (AvgIpc) is 3.47. The Kier molecular flexibility index (Phi) is 5.93. The van der Waals surface area contributed by atoms with Gasteiger partial charge in [0.05, 0.1) is 29.3 Å². The van der Waals surface area contributed by atoms with Gasteiger partial charge in [-0.2, -0.15) is 4.31 Å². The van der Waals surface area contributed by atoms with Gasteiger partial charge >= 0.3 is 11.4 Å². The molecule has 2 aliphatic heterocycles. The molecule has 0 bridgehead atoms. The summed E-state index contributed by atoms with van der Waals surface area (Å²) in [7, 11) is -3.97. The molecule has 2 aliphatic rings. The van der Waals surface area contributed by atoms with Crippen molar-refractivity contribution < 1.29 is 13.2 Å². The Morgan fingerprint density at radius 1 is 0.842 bits per heavy atom. The molecule has 1 fully saturated rings. The standard InChI is InChI=1S/C28H26N4O5S/c1-2-37-24-19-29-27(33)31(21-14-8-4-9-15-21)28(34)32(29)23-18-30(38(35,36)22-16-10-5-11-17-22)26(25(23)24)20-12-6-3-7-13-20/h3-17,23,26H,2,18-19H2,1H3/t23-,26+/m1/s1. The lowest BCUT2D eigenvalue weighted by molar-refractivity contribution is 0.183. The van der Waals surface area contributed by atoms with E-state index in [0.29, 0.717) is 23.6 Å². The van der Waals surface area contributed by atoms with E-state index >= 15 is 0 Å². The zero-order valence-corrected chi connectivity index (χ0v) is 21.5. The van der Waals surface area contributed by atoms with Gasteiger partial charge in [-0.3, -0.25) is 0 Å². The highest BCUT2D eigenvalue weighted by molar-refractivity contribution is 7.89. The summed E-state index contributed by atoms with van der Waals surface area (Å²) in [6.45, 7) is 2.17. The summed E-state index contributed by atoms with van der Waals surface area (Å²) in [6, 6.07) is 24.9. The van der Waals surface area contributed by atoms with E-state index in [0.717, 1.165) is 10.1 Å². The van der Waals surface area contributed by atoms with Gasteiger partial charge in [-0.25, -0.2) is 31.9 Å². The maximum atomic E-state index is 14.0. The summed E-state index contributed by atoms with van der Waals surface area (Å²) in [5.74, 6) is 0.504. The van der Waals surface area contributed by atoms with Gasteiger partial charge in [0.25, 0.3) is 0 Å². The number of sulfonamides is 1. The van der Waals surface area contributed by atoms with Crippen LogP contribution in [0.2, 0.25) is 0 Å². The number of hydrogen-bond donors (Lipinski definition) is 0. The van der Waals surface area contributed by atoms with E-state index in [9.17, 15) is 18.0 Å². The number of allylic oxidation sites excluding steroid dienone is 1. The fourth-order valence-corrected chi connectivity index (χ4v) is 7.10. The summed E-state index contributed by atoms with van der Waals surface area (Å²) in [4.78, 5) is 27.5. The van der Waals surface area contributed by atoms with Gasteiger partial charge in [-0.05, 0) is 36.8 Å². The van der Waals surface area contributed by atoms with E-state index in [1.54, 1.807) is 54.6 Å². The van der Waals surface area contributed by atoms with Crippen molar-refractivity contribution in [1.29, 1.82) is 0 Å². The molecule has 0 unspecified atom stereocenters. The molecule has 3 aromatic carbocycles. The SMILES string of the molecule is CCOC1=C2[C@H](c3ccccc3)N(S(=O)(=O)c3ccccc3)C[C@H]2n2c(=O)n(-c3ccccc3)c(=O)n2C1. The van der Waals surface area contributed by atoms with Crippen LogP contribution in [0.15, 0.2) is 117 Å². The normalized spacial score (nSPS) is 19.3. The lowest BCUT2D eigenvalue weighted by Gasteiger charge is -2.28. The molecule has 6 rings (SSSR count). The van der Waals surface area contributed by atoms with Crippen LogP contribution in [0.5, 0.6) is 0 Å². The maximum absolute atomic E-state index is 14.0. The molecule has 10 heteroatoms. The largest absolute Gasteiger partial charge is 0.496 e. The summed E-state index contributed by atoms with van der Waals surface area (Å²) in [5, 5.41) is 0. The maximum Gasteiger partial charge on any atom is 0.352 e. The third kappa shape index (κ3) is 3.67. The number of benzene rings is 3. The molecule has 4 aromatic rings. The molecule has 194 valence electrons. The highest BCUT2D eigenvalue weighted by atomic mass is 32.2. The molecule has 1 saturated heterocycles. The van der Waals surface area contributed by atoms with Crippen LogP contribution in [-0.4, -0.2) is 39.8 Å². The van der Waals surface area contributed by atoms with E-state index < -0.39 is 33.5 Å². The molecule has 0 N–H and O–H groups in total. The van der Waals surface area contributed by atoms with E-state index in [1.165, 1.54) is 13.7 Å².